The minimum absolute atomic E-state index is 0.125. The summed E-state index contributed by atoms with van der Waals surface area (Å²) in [6.07, 6.45) is 0. The zero-order chi connectivity index (χ0) is 14.0. The Balaban J connectivity index is 2.33. The van der Waals surface area contributed by atoms with E-state index >= 15 is 0 Å². The highest BCUT2D eigenvalue weighted by Gasteiger charge is 2.29. The van der Waals surface area contributed by atoms with Gasteiger partial charge >= 0.3 is 0 Å². The molecule has 1 aliphatic heterocycles. The van der Waals surface area contributed by atoms with Gasteiger partial charge in [-0.3, -0.25) is 0 Å². The van der Waals surface area contributed by atoms with Crippen LogP contribution in [0.5, 0.6) is 0 Å². The second-order valence-corrected chi connectivity index (χ2v) is 6.43. The fourth-order valence-electron chi connectivity index (χ4n) is 2.45. The van der Waals surface area contributed by atoms with E-state index in [-0.39, 0.29) is 11.7 Å². The van der Waals surface area contributed by atoms with Gasteiger partial charge in [-0.2, -0.15) is 11.8 Å². The molecule has 0 spiro atoms. The Bertz CT molecular complexity index is 430. The SMILES string of the molecule is CNCc1cc(F)c(N2CCSC(C)C2C)c(F)c1. The monoisotopic (exact) mass is 286 g/mol. The van der Waals surface area contributed by atoms with Crippen molar-refractivity contribution in [2.24, 2.45) is 0 Å². The van der Waals surface area contributed by atoms with Crippen molar-refractivity contribution in [3.63, 3.8) is 0 Å². The van der Waals surface area contributed by atoms with Crippen LogP contribution in [0.25, 0.3) is 0 Å². The Morgan fingerprint density at radius 2 is 1.95 bits per heavy atom. The predicted molar refractivity (Wildman–Crippen MR) is 77.8 cm³/mol. The third-order valence-corrected chi connectivity index (χ3v) is 4.97. The number of thioether (sulfide) groups is 1. The van der Waals surface area contributed by atoms with Crippen LogP contribution in [0.3, 0.4) is 0 Å². The minimum atomic E-state index is -0.462. The smallest absolute Gasteiger partial charge is 0.149 e. The van der Waals surface area contributed by atoms with E-state index in [2.05, 4.69) is 12.2 Å². The van der Waals surface area contributed by atoms with E-state index < -0.39 is 11.6 Å². The lowest BCUT2D eigenvalue weighted by molar-refractivity contribution is 0.541. The molecule has 2 rings (SSSR count). The van der Waals surface area contributed by atoms with Gasteiger partial charge in [0.05, 0.1) is 0 Å². The molecule has 1 fully saturated rings. The molecule has 2 nitrogen and oxygen atoms in total. The van der Waals surface area contributed by atoms with Crippen molar-refractivity contribution in [1.82, 2.24) is 5.32 Å². The maximum atomic E-state index is 14.2. The molecule has 1 aromatic carbocycles. The van der Waals surface area contributed by atoms with Crippen LogP contribution in [-0.4, -0.2) is 30.6 Å². The molecule has 106 valence electrons. The third-order valence-electron chi connectivity index (χ3n) is 3.63. The van der Waals surface area contributed by atoms with E-state index in [1.54, 1.807) is 7.05 Å². The van der Waals surface area contributed by atoms with Crippen LogP contribution in [0.1, 0.15) is 19.4 Å². The summed E-state index contributed by atoms with van der Waals surface area (Å²) in [5.74, 6) is -0.0183. The van der Waals surface area contributed by atoms with Crippen molar-refractivity contribution in [3.8, 4) is 0 Å². The van der Waals surface area contributed by atoms with Crippen molar-refractivity contribution in [2.45, 2.75) is 31.7 Å². The topological polar surface area (TPSA) is 15.3 Å². The number of rotatable bonds is 3. The minimum Gasteiger partial charge on any atom is -0.362 e. The maximum absolute atomic E-state index is 14.2. The van der Waals surface area contributed by atoms with Crippen LogP contribution in [-0.2, 0) is 6.54 Å². The van der Waals surface area contributed by atoms with Crippen molar-refractivity contribution >= 4 is 17.4 Å². The van der Waals surface area contributed by atoms with Gasteiger partial charge in [0.2, 0.25) is 0 Å². The van der Waals surface area contributed by atoms with E-state index in [0.717, 1.165) is 5.75 Å². The molecular formula is C14H20F2N2S. The Labute approximate surface area is 117 Å². The Morgan fingerprint density at radius 3 is 2.53 bits per heavy atom. The first-order valence-electron chi connectivity index (χ1n) is 6.55. The van der Waals surface area contributed by atoms with Crippen LogP contribution >= 0.6 is 11.8 Å². The first-order chi connectivity index (χ1) is 9.04. The summed E-state index contributed by atoms with van der Waals surface area (Å²) in [6.45, 7) is 5.29. The fourth-order valence-corrected chi connectivity index (χ4v) is 3.55. The van der Waals surface area contributed by atoms with Gasteiger partial charge in [-0.25, -0.2) is 8.78 Å². The Morgan fingerprint density at radius 1 is 1.32 bits per heavy atom. The van der Waals surface area contributed by atoms with Gasteiger partial charge in [-0.15, -0.1) is 0 Å². The zero-order valence-corrected chi connectivity index (χ0v) is 12.4. The number of anilines is 1. The molecule has 1 saturated heterocycles. The van der Waals surface area contributed by atoms with Crippen LogP contribution in [0, 0.1) is 11.6 Å². The molecular weight excluding hydrogens is 266 g/mol. The molecule has 0 amide bonds. The summed E-state index contributed by atoms with van der Waals surface area (Å²) < 4.78 is 28.4. The van der Waals surface area contributed by atoms with Crippen LogP contribution in [0.15, 0.2) is 12.1 Å². The summed E-state index contributed by atoms with van der Waals surface area (Å²) in [7, 11) is 1.76. The lowest BCUT2D eigenvalue weighted by Gasteiger charge is -2.39. The standard InChI is InChI=1S/C14H20F2N2S/c1-9-10(2)19-5-4-18(9)14-12(15)6-11(8-17-3)7-13(14)16/h6-7,9-10,17H,4-5,8H2,1-3H3. The van der Waals surface area contributed by atoms with E-state index in [1.807, 2.05) is 23.6 Å². The molecule has 0 radical (unpaired) electrons. The third kappa shape index (κ3) is 3.03. The molecule has 1 N–H and O–H groups in total. The predicted octanol–water partition coefficient (Wildman–Crippen LogP) is 3.01. The summed E-state index contributed by atoms with van der Waals surface area (Å²) in [5, 5.41) is 3.28. The second-order valence-electron chi connectivity index (χ2n) is 4.95. The molecule has 0 bridgehead atoms. The molecule has 2 unspecified atom stereocenters. The first kappa shape index (κ1) is 14.6. The normalized spacial score (nSPS) is 23.7. The highest BCUT2D eigenvalue weighted by Crippen LogP contribution is 2.33. The molecule has 0 saturated carbocycles. The molecule has 5 heteroatoms. The van der Waals surface area contributed by atoms with Gasteiger partial charge in [0.25, 0.3) is 0 Å². The van der Waals surface area contributed by atoms with Crippen molar-refractivity contribution in [3.05, 3.63) is 29.3 Å². The summed E-state index contributed by atoms with van der Waals surface area (Å²) in [5.41, 5.74) is 0.757. The number of hydrogen-bond acceptors (Lipinski definition) is 3. The van der Waals surface area contributed by atoms with Gasteiger partial charge in [0.1, 0.15) is 17.3 Å². The Hall–Kier alpha value is -0.810. The van der Waals surface area contributed by atoms with Gasteiger partial charge in [-0.05, 0) is 31.7 Å². The highest BCUT2D eigenvalue weighted by atomic mass is 32.2. The van der Waals surface area contributed by atoms with Crippen molar-refractivity contribution < 1.29 is 8.78 Å². The maximum Gasteiger partial charge on any atom is 0.149 e. The molecule has 0 aliphatic carbocycles. The van der Waals surface area contributed by atoms with Crippen LogP contribution in [0.4, 0.5) is 14.5 Å². The highest BCUT2D eigenvalue weighted by molar-refractivity contribution is 8.00. The average Bonchev–Trinajstić information content (AvgIpc) is 2.34. The van der Waals surface area contributed by atoms with Crippen molar-refractivity contribution in [1.29, 1.82) is 0 Å². The van der Waals surface area contributed by atoms with E-state index in [9.17, 15) is 8.78 Å². The largest absolute Gasteiger partial charge is 0.362 e. The quantitative estimate of drug-likeness (QED) is 0.919. The van der Waals surface area contributed by atoms with Gasteiger partial charge in [0.15, 0.2) is 0 Å². The number of nitrogens with zero attached hydrogens (tertiary/aromatic N) is 1. The molecule has 1 heterocycles. The molecule has 0 aromatic heterocycles. The number of halogens is 2. The average molecular weight is 286 g/mol. The fraction of sp³-hybridized carbons (Fsp3) is 0.571. The van der Waals surface area contributed by atoms with Crippen molar-refractivity contribution in [2.75, 3.05) is 24.2 Å². The van der Waals surface area contributed by atoms with E-state index in [4.69, 9.17) is 0 Å². The number of nitrogens with one attached hydrogen (secondary N) is 1. The number of hydrogen-bond donors (Lipinski definition) is 1. The molecule has 2 atom stereocenters. The van der Waals surface area contributed by atoms with Gasteiger partial charge < -0.3 is 10.2 Å². The molecule has 19 heavy (non-hydrogen) atoms. The van der Waals surface area contributed by atoms with E-state index in [0.29, 0.717) is 23.9 Å². The van der Waals surface area contributed by atoms with Gasteiger partial charge in [-0.1, -0.05) is 6.92 Å². The Kier molecular flexibility index (Phi) is 4.68. The molecule has 1 aromatic rings. The van der Waals surface area contributed by atoms with Crippen LogP contribution < -0.4 is 10.2 Å². The summed E-state index contributed by atoms with van der Waals surface area (Å²) in [6, 6.07) is 2.99. The van der Waals surface area contributed by atoms with Crippen LogP contribution in [0.2, 0.25) is 0 Å². The van der Waals surface area contributed by atoms with Gasteiger partial charge in [0, 0.05) is 30.1 Å². The first-order valence-corrected chi connectivity index (χ1v) is 7.60. The lowest BCUT2D eigenvalue weighted by atomic mass is 10.1. The summed E-state index contributed by atoms with van der Waals surface area (Å²) in [4.78, 5) is 1.86. The number of benzene rings is 1. The lowest BCUT2D eigenvalue weighted by Crippen LogP contribution is -2.45. The zero-order valence-electron chi connectivity index (χ0n) is 11.5. The molecule has 1 aliphatic rings. The van der Waals surface area contributed by atoms with E-state index in [1.165, 1.54) is 12.1 Å². The second kappa shape index (κ2) is 6.09. The summed E-state index contributed by atoms with van der Waals surface area (Å²) >= 11 is 1.85.